The molecule has 1 aromatic heterocycles. The summed E-state index contributed by atoms with van der Waals surface area (Å²) >= 11 is 0. The van der Waals surface area contributed by atoms with Crippen molar-refractivity contribution < 1.29 is 9.52 Å². The highest BCUT2D eigenvalue weighted by molar-refractivity contribution is 5.24. The van der Waals surface area contributed by atoms with Crippen molar-refractivity contribution in [2.45, 2.75) is 31.9 Å². The smallest absolute Gasteiger partial charge is 0.295 e. The van der Waals surface area contributed by atoms with E-state index in [-0.39, 0.29) is 12.1 Å². The van der Waals surface area contributed by atoms with Crippen LogP contribution in [-0.4, -0.2) is 22.2 Å². The molecule has 0 spiro atoms. The maximum atomic E-state index is 9.24. The van der Waals surface area contributed by atoms with Gasteiger partial charge in [0.1, 0.15) is 6.26 Å². The lowest BCUT2D eigenvalue weighted by Crippen LogP contribution is -2.42. The van der Waals surface area contributed by atoms with E-state index in [1.165, 1.54) is 0 Å². The molecule has 0 bridgehead atoms. The first kappa shape index (κ1) is 7.61. The van der Waals surface area contributed by atoms with Gasteiger partial charge in [-0.15, -0.1) is 0 Å². The lowest BCUT2D eigenvalue weighted by atomic mass is 9.89. The minimum atomic E-state index is -0.239. The van der Waals surface area contributed by atoms with Gasteiger partial charge in [0.25, 0.3) is 6.01 Å². The van der Waals surface area contributed by atoms with Gasteiger partial charge in [-0.3, -0.25) is 0 Å². The van der Waals surface area contributed by atoms with Crippen LogP contribution in [0.5, 0.6) is 0 Å². The second-order valence-electron chi connectivity index (χ2n) is 3.19. The predicted octanol–water partition coefficient (Wildman–Crippen LogP) is 0.918. The maximum absolute atomic E-state index is 9.24. The van der Waals surface area contributed by atoms with E-state index in [0.29, 0.717) is 6.01 Å². The molecule has 4 heteroatoms. The van der Waals surface area contributed by atoms with Crippen molar-refractivity contribution in [2.24, 2.45) is 0 Å². The van der Waals surface area contributed by atoms with Crippen LogP contribution in [0, 0.1) is 6.92 Å². The Morgan fingerprint density at radius 2 is 2.50 bits per heavy atom. The number of rotatable bonds is 2. The van der Waals surface area contributed by atoms with Gasteiger partial charge in [-0.05, 0) is 19.8 Å². The molecule has 0 radical (unpaired) electrons. The first-order valence-electron chi connectivity index (χ1n) is 4.12. The van der Waals surface area contributed by atoms with E-state index in [4.69, 9.17) is 4.42 Å². The summed E-state index contributed by atoms with van der Waals surface area (Å²) in [5, 5.41) is 12.3. The molecule has 66 valence electrons. The summed E-state index contributed by atoms with van der Waals surface area (Å²) in [4.78, 5) is 4.08. The van der Waals surface area contributed by atoms with E-state index in [9.17, 15) is 5.11 Å². The van der Waals surface area contributed by atoms with E-state index in [1.54, 1.807) is 6.26 Å². The third kappa shape index (κ3) is 1.30. The fourth-order valence-electron chi connectivity index (χ4n) is 1.23. The second kappa shape index (κ2) is 2.79. The average Bonchev–Trinajstić information content (AvgIpc) is 2.44. The molecule has 1 aromatic rings. The number of hydrogen-bond acceptors (Lipinski definition) is 4. The van der Waals surface area contributed by atoms with Crippen LogP contribution in [0.1, 0.15) is 18.5 Å². The fraction of sp³-hybridized carbons (Fsp3) is 0.625. The molecular formula is C8H12N2O2. The van der Waals surface area contributed by atoms with E-state index in [2.05, 4.69) is 10.3 Å². The number of anilines is 1. The molecule has 2 N–H and O–H groups in total. The van der Waals surface area contributed by atoms with E-state index in [0.717, 1.165) is 18.5 Å². The molecule has 1 saturated carbocycles. The molecule has 0 amide bonds. The summed E-state index contributed by atoms with van der Waals surface area (Å²) in [6.07, 6.45) is 3.21. The fourth-order valence-corrected chi connectivity index (χ4v) is 1.23. The van der Waals surface area contributed by atoms with Crippen LogP contribution >= 0.6 is 0 Å². The van der Waals surface area contributed by atoms with Gasteiger partial charge >= 0.3 is 0 Å². The lowest BCUT2D eigenvalue weighted by molar-refractivity contribution is 0.0774. The van der Waals surface area contributed by atoms with Gasteiger partial charge in [0.2, 0.25) is 0 Å². The number of aromatic nitrogens is 1. The van der Waals surface area contributed by atoms with Gasteiger partial charge in [0, 0.05) is 0 Å². The number of aliphatic hydroxyl groups excluding tert-OH is 1. The first-order chi connectivity index (χ1) is 5.75. The molecular weight excluding hydrogens is 156 g/mol. The van der Waals surface area contributed by atoms with Crippen LogP contribution in [0.4, 0.5) is 6.01 Å². The maximum Gasteiger partial charge on any atom is 0.295 e. The highest BCUT2D eigenvalue weighted by atomic mass is 16.4. The molecule has 1 aliphatic rings. The van der Waals surface area contributed by atoms with Gasteiger partial charge < -0.3 is 14.8 Å². The number of aryl methyl sites for hydroxylation is 1. The van der Waals surface area contributed by atoms with Crippen LogP contribution in [0.3, 0.4) is 0 Å². The van der Waals surface area contributed by atoms with E-state index in [1.807, 2.05) is 6.92 Å². The van der Waals surface area contributed by atoms with Crippen LogP contribution in [0.2, 0.25) is 0 Å². The van der Waals surface area contributed by atoms with Crippen LogP contribution in [-0.2, 0) is 0 Å². The second-order valence-corrected chi connectivity index (χ2v) is 3.19. The molecule has 0 saturated heterocycles. The molecule has 2 rings (SSSR count). The Morgan fingerprint density at radius 3 is 2.92 bits per heavy atom. The summed E-state index contributed by atoms with van der Waals surface area (Å²) in [6.45, 7) is 1.87. The number of nitrogens with one attached hydrogen (secondary N) is 1. The Bertz CT molecular complexity index is 272. The molecule has 1 aliphatic carbocycles. The predicted molar refractivity (Wildman–Crippen MR) is 43.9 cm³/mol. The SMILES string of the molecule is Cc1coc(N[C@@H]2CC[C@H]2O)n1. The first-order valence-corrected chi connectivity index (χ1v) is 4.12. The molecule has 2 atom stereocenters. The topological polar surface area (TPSA) is 58.3 Å². The molecule has 12 heavy (non-hydrogen) atoms. The Kier molecular flexibility index (Phi) is 1.77. The van der Waals surface area contributed by atoms with Crippen molar-refractivity contribution in [3.05, 3.63) is 12.0 Å². The summed E-state index contributed by atoms with van der Waals surface area (Å²) in [5.41, 5.74) is 0.853. The Hall–Kier alpha value is -1.03. The number of oxazole rings is 1. The lowest BCUT2D eigenvalue weighted by Gasteiger charge is -2.32. The molecule has 1 fully saturated rings. The summed E-state index contributed by atoms with van der Waals surface area (Å²) in [7, 11) is 0. The van der Waals surface area contributed by atoms with E-state index < -0.39 is 0 Å². The van der Waals surface area contributed by atoms with Crippen molar-refractivity contribution in [1.29, 1.82) is 0 Å². The zero-order chi connectivity index (χ0) is 8.55. The minimum absolute atomic E-state index is 0.128. The van der Waals surface area contributed by atoms with Gasteiger partial charge in [-0.2, -0.15) is 4.98 Å². The normalized spacial score (nSPS) is 28.2. The zero-order valence-electron chi connectivity index (χ0n) is 6.95. The average molecular weight is 168 g/mol. The molecule has 0 unspecified atom stereocenters. The Labute approximate surface area is 70.6 Å². The van der Waals surface area contributed by atoms with Crippen LogP contribution in [0.25, 0.3) is 0 Å². The summed E-state index contributed by atoms with van der Waals surface area (Å²) < 4.78 is 5.09. The van der Waals surface area contributed by atoms with Crippen molar-refractivity contribution in [1.82, 2.24) is 4.98 Å². The van der Waals surface area contributed by atoms with E-state index >= 15 is 0 Å². The quantitative estimate of drug-likeness (QED) is 0.689. The van der Waals surface area contributed by atoms with Gasteiger partial charge in [-0.25, -0.2) is 0 Å². The van der Waals surface area contributed by atoms with Crippen molar-refractivity contribution >= 4 is 6.01 Å². The minimum Gasteiger partial charge on any atom is -0.432 e. The highest BCUT2D eigenvalue weighted by Crippen LogP contribution is 2.23. The highest BCUT2D eigenvalue weighted by Gasteiger charge is 2.29. The monoisotopic (exact) mass is 168 g/mol. The van der Waals surface area contributed by atoms with Crippen LogP contribution < -0.4 is 5.32 Å². The standard InChI is InChI=1S/C8H12N2O2/c1-5-4-12-8(9-5)10-6-2-3-7(6)11/h4,6-7,11H,2-3H2,1H3,(H,9,10)/t6-,7-/m1/s1. The number of aliphatic hydroxyl groups is 1. The van der Waals surface area contributed by atoms with Gasteiger partial charge in [-0.1, -0.05) is 0 Å². The number of nitrogens with zero attached hydrogens (tertiary/aromatic N) is 1. The molecule has 1 heterocycles. The molecule has 4 nitrogen and oxygen atoms in total. The van der Waals surface area contributed by atoms with Crippen molar-refractivity contribution in [2.75, 3.05) is 5.32 Å². The van der Waals surface area contributed by atoms with Gasteiger partial charge in [0.05, 0.1) is 17.8 Å². The van der Waals surface area contributed by atoms with Crippen LogP contribution in [0.15, 0.2) is 10.7 Å². The van der Waals surface area contributed by atoms with Crippen molar-refractivity contribution in [3.8, 4) is 0 Å². The molecule has 0 aromatic carbocycles. The van der Waals surface area contributed by atoms with Gasteiger partial charge in [0.15, 0.2) is 0 Å². The summed E-state index contributed by atoms with van der Waals surface area (Å²) in [6, 6.07) is 0.638. The third-order valence-electron chi connectivity index (χ3n) is 2.17. The molecule has 0 aliphatic heterocycles. The Morgan fingerprint density at radius 1 is 1.67 bits per heavy atom. The zero-order valence-corrected chi connectivity index (χ0v) is 6.95. The largest absolute Gasteiger partial charge is 0.432 e. The number of hydrogen-bond donors (Lipinski definition) is 2. The Balaban J connectivity index is 1.95. The van der Waals surface area contributed by atoms with Crippen molar-refractivity contribution in [3.63, 3.8) is 0 Å². The summed E-state index contributed by atoms with van der Waals surface area (Å²) in [5.74, 6) is 0. The third-order valence-corrected chi connectivity index (χ3v) is 2.17.